The first-order chi connectivity index (χ1) is 17.2. The molecule has 0 spiro atoms. The van der Waals surface area contributed by atoms with E-state index in [4.69, 9.17) is 4.99 Å². The molecule has 0 radical (unpaired) electrons. The lowest BCUT2D eigenvalue weighted by Gasteiger charge is -2.29. The second kappa shape index (κ2) is 8.78. The summed E-state index contributed by atoms with van der Waals surface area (Å²) < 4.78 is 0. The summed E-state index contributed by atoms with van der Waals surface area (Å²) in [7, 11) is 0. The van der Waals surface area contributed by atoms with Crippen molar-refractivity contribution >= 4 is 23.6 Å². The van der Waals surface area contributed by atoms with Gasteiger partial charge in [0, 0.05) is 38.8 Å². The van der Waals surface area contributed by atoms with E-state index < -0.39 is 5.54 Å². The quantitative estimate of drug-likeness (QED) is 0.466. The zero-order chi connectivity index (χ0) is 27.4. The van der Waals surface area contributed by atoms with Gasteiger partial charge in [-0.1, -0.05) is 13.8 Å². The predicted octanol–water partition coefficient (Wildman–Crippen LogP) is 4.39. The summed E-state index contributed by atoms with van der Waals surface area (Å²) >= 11 is 0. The van der Waals surface area contributed by atoms with Gasteiger partial charge in [-0.3, -0.25) is 9.79 Å². The fourth-order valence-corrected chi connectivity index (χ4v) is 5.11. The predicted molar refractivity (Wildman–Crippen MR) is 146 cm³/mol. The number of nitriles is 2. The van der Waals surface area contributed by atoms with E-state index in [1.54, 1.807) is 6.92 Å². The molecule has 0 aromatic carbocycles. The van der Waals surface area contributed by atoms with Crippen molar-refractivity contribution in [3.05, 3.63) is 66.9 Å². The molecular formula is C30H34N6O. The summed E-state index contributed by atoms with van der Waals surface area (Å²) in [5, 5.41) is 21.0. The summed E-state index contributed by atoms with van der Waals surface area (Å²) in [6.45, 7) is 17.8. The van der Waals surface area contributed by atoms with Crippen molar-refractivity contribution in [2.45, 2.75) is 74.3 Å². The van der Waals surface area contributed by atoms with Gasteiger partial charge in [-0.2, -0.15) is 10.5 Å². The van der Waals surface area contributed by atoms with E-state index in [0.29, 0.717) is 28.2 Å². The van der Waals surface area contributed by atoms with Gasteiger partial charge in [-0.25, -0.2) is 0 Å². The van der Waals surface area contributed by atoms with Crippen molar-refractivity contribution < 1.29 is 4.79 Å². The molecule has 3 N–H and O–H groups in total. The van der Waals surface area contributed by atoms with Gasteiger partial charge in [0.15, 0.2) is 0 Å². The molecule has 0 fully saturated rings. The van der Waals surface area contributed by atoms with Crippen LogP contribution in [0.3, 0.4) is 0 Å². The number of nitrogens with zero attached hydrogens (tertiary/aromatic N) is 3. The molecule has 3 aromatic heterocycles. The van der Waals surface area contributed by atoms with E-state index >= 15 is 0 Å². The topological polar surface area (TPSA) is 124 Å². The summed E-state index contributed by atoms with van der Waals surface area (Å²) in [6.07, 6.45) is 4.83. The molecule has 7 nitrogen and oxygen atoms in total. The van der Waals surface area contributed by atoms with Crippen molar-refractivity contribution in [3.8, 4) is 12.1 Å². The average Bonchev–Trinajstić information content (AvgIpc) is 3.46. The van der Waals surface area contributed by atoms with Crippen LogP contribution in [0.1, 0.15) is 88.1 Å². The van der Waals surface area contributed by atoms with Crippen LogP contribution in [0.2, 0.25) is 0 Å². The average molecular weight is 495 g/mol. The Morgan fingerprint density at radius 1 is 0.865 bits per heavy atom. The molecule has 37 heavy (non-hydrogen) atoms. The van der Waals surface area contributed by atoms with Gasteiger partial charge in [0.25, 0.3) is 0 Å². The van der Waals surface area contributed by atoms with Crippen LogP contribution in [0.15, 0.2) is 4.99 Å². The number of carbonyl (C=O) groups excluding carboxylic acids is 1. The Labute approximate surface area is 217 Å². The third-order valence-electron chi connectivity index (χ3n) is 8.37. The number of aliphatic imine (C=N–C) groups is 1. The number of aromatic nitrogens is 3. The number of ketones is 1. The highest BCUT2D eigenvalue weighted by molar-refractivity contribution is 6.12. The zero-order valence-electron chi connectivity index (χ0n) is 23.1. The lowest BCUT2D eigenvalue weighted by atomic mass is 9.74. The number of aromatic amines is 3. The van der Waals surface area contributed by atoms with E-state index in [9.17, 15) is 15.3 Å². The van der Waals surface area contributed by atoms with Crippen LogP contribution in [0, 0.1) is 69.6 Å². The number of rotatable bonds is 4. The molecule has 3 aromatic rings. The minimum absolute atomic E-state index is 0.121. The van der Waals surface area contributed by atoms with Crippen LogP contribution >= 0.6 is 0 Å². The van der Waals surface area contributed by atoms with Gasteiger partial charge < -0.3 is 15.0 Å². The van der Waals surface area contributed by atoms with Crippen LogP contribution < -0.4 is 10.7 Å². The molecule has 1 atom stereocenters. The summed E-state index contributed by atoms with van der Waals surface area (Å²) in [5.41, 5.74) is 7.78. The Kier molecular flexibility index (Phi) is 6.16. The maximum Gasteiger partial charge on any atom is 0.211 e. The molecule has 7 heteroatoms. The largest absolute Gasteiger partial charge is 0.355 e. The van der Waals surface area contributed by atoms with Crippen LogP contribution in [0.5, 0.6) is 0 Å². The first-order valence-corrected chi connectivity index (χ1v) is 12.5. The molecule has 1 aliphatic rings. The highest BCUT2D eigenvalue weighted by Gasteiger charge is 2.46. The molecule has 0 saturated carbocycles. The molecule has 4 rings (SSSR count). The van der Waals surface area contributed by atoms with Crippen molar-refractivity contribution in [1.82, 2.24) is 15.0 Å². The zero-order valence-corrected chi connectivity index (χ0v) is 23.1. The Bertz CT molecular complexity index is 1690. The molecule has 190 valence electrons. The number of H-pyrrole nitrogens is 3. The maximum absolute atomic E-state index is 13.5. The third-order valence-corrected chi connectivity index (χ3v) is 8.37. The maximum atomic E-state index is 13.5. The van der Waals surface area contributed by atoms with Crippen molar-refractivity contribution in [1.29, 1.82) is 10.5 Å². The Balaban J connectivity index is 1.78. The fraction of sp³-hybridized carbons (Fsp3) is 0.400. The monoisotopic (exact) mass is 494 g/mol. The second-order valence-corrected chi connectivity index (χ2v) is 11.1. The van der Waals surface area contributed by atoms with Gasteiger partial charge in [0.05, 0.1) is 11.8 Å². The minimum atomic E-state index is -0.741. The van der Waals surface area contributed by atoms with Crippen molar-refractivity contribution in [2.24, 2.45) is 10.4 Å². The lowest BCUT2D eigenvalue weighted by Crippen LogP contribution is -2.34. The first-order valence-electron chi connectivity index (χ1n) is 12.5. The Morgan fingerprint density at radius 2 is 1.49 bits per heavy atom. The van der Waals surface area contributed by atoms with Crippen LogP contribution in [-0.2, 0) is 0 Å². The molecule has 0 unspecified atom stereocenters. The number of aryl methyl sites for hydroxylation is 1. The van der Waals surface area contributed by atoms with Crippen LogP contribution in [-0.4, -0.2) is 32.0 Å². The SMILES string of the molecule is Cc1[nH]c(C#N)c(C)c1C(=O)c1[nH]c(/C=c2\[nH]/c(=C\C3=N[C@@](C)(C#N)C(C)(C)C3)c(C)c2C)c(C)c1C. The molecule has 0 aliphatic carbocycles. The first kappa shape index (κ1) is 26.0. The molecular weight excluding hydrogens is 460 g/mol. The van der Waals surface area contributed by atoms with E-state index in [1.807, 2.05) is 33.8 Å². The highest BCUT2D eigenvalue weighted by atomic mass is 16.1. The van der Waals surface area contributed by atoms with Crippen LogP contribution in [0.25, 0.3) is 12.2 Å². The Morgan fingerprint density at radius 3 is 2.03 bits per heavy atom. The van der Waals surface area contributed by atoms with Gasteiger partial charge in [-0.15, -0.1) is 0 Å². The standard InChI is InChI=1S/C30H34N6O/c1-15-16(2)23(34-22(15)10-21-12-29(7,8)30(9,14-32)36-21)11-24-17(3)18(4)27(35-24)28(37)26-19(5)25(13-31)33-20(26)6/h10-11,33-35H,12H2,1-9H3/b22-10-,23-11-/t30-/m0/s1. The number of carbonyl (C=O) groups is 1. The van der Waals surface area contributed by atoms with Gasteiger partial charge in [-0.05, 0) is 94.9 Å². The molecule has 4 heterocycles. The van der Waals surface area contributed by atoms with E-state index in [0.717, 1.165) is 50.8 Å². The second-order valence-electron chi connectivity index (χ2n) is 11.1. The fourth-order valence-electron chi connectivity index (χ4n) is 5.11. The van der Waals surface area contributed by atoms with Crippen molar-refractivity contribution in [2.75, 3.05) is 0 Å². The number of hydrogen-bond donors (Lipinski definition) is 3. The minimum Gasteiger partial charge on any atom is -0.355 e. The number of hydrogen-bond acceptors (Lipinski definition) is 4. The van der Waals surface area contributed by atoms with E-state index in [2.05, 4.69) is 60.9 Å². The summed E-state index contributed by atoms with van der Waals surface area (Å²) in [6, 6.07) is 4.51. The van der Waals surface area contributed by atoms with Crippen molar-refractivity contribution in [3.63, 3.8) is 0 Å². The molecule has 0 bridgehead atoms. The smallest absolute Gasteiger partial charge is 0.211 e. The van der Waals surface area contributed by atoms with E-state index in [1.165, 1.54) is 0 Å². The van der Waals surface area contributed by atoms with Gasteiger partial charge in [0.2, 0.25) is 5.78 Å². The molecule has 1 aliphatic heterocycles. The molecule has 0 saturated heterocycles. The van der Waals surface area contributed by atoms with Crippen LogP contribution in [0.4, 0.5) is 0 Å². The number of nitrogens with one attached hydrogen (secondary N) is 3. The normalized spacial score (nSPS) is 19.7. The molecule has 0 amide bonds. The lowest BCUT2D eigenvalue weighted by molar-refractivity contribution is 0.103. The summed E-state index contributed by atoms with van der Waals surface area (Å²) in [4.78, 5) is 28.1. The highest BCUT2D eigenvalue weighted by Crippen LogP contribution is 2.42. The van der Waals surface area contributed by atoms with Gasteiger partial charge in [0.1, 0.15) is 17.3 Å². The van der Waals surface area contributed by atoms with Gasteiger partial charge >= 0.3 is 0 Å². The summed E-state index contributed by atoms with van der Waals surface area (Å²) in [5.74, 6) is -0.121. The Hall–Kier alpha value is -4.10. The third kappa shape index (κ3) is 4.05. The van der Waals surface area contributed by atoms with E-state index in [-0.39, 0.29) is 11.2 Å².